The fraction of sp³-hybridized carbons (Fsp3) is 0.455. The molecular formula is C11H15N3O3. The Morgan fingerprint density at radius 1 is 1.71 bits per heavy atom. The van der Waals surface area contributed by atoms with Crippen LogP contribution in [0.2, 0.25) is 0 Å². The van der Waals surface area contributed by atoms with Gasteiger partial charge in [0.2, 0.25) is 5.88 Å². The average Bonchev–Trinajstić information content (AvgIpc) is 2.89. The first-order valence-electron chi connectivity index (χ1n) is 5.48. The summed E-state index contributed by atoms with van der Waals surface area (Å²) in [6.45, 7) is 1.28. The van der Waals surface area contributed by atoms with E-state index in [1.807, 2.05) is 0 Å². The summed E-state index contributed by atoms with van der Waals surface area (Å²) in [7, 11) is 0. The van der Waals surface area contributed by atoms with Gasteiger partial charge in [-0.15, -0.1) is 0 Å². The minimum atomic E-state index is 0.0365. The van der Waals surface area contributed by atoms with Gasteiger partial charge in [-0.3, -0.25) is 0 Å². The zero-order valence-electron chi connectivity index (χ0n) is 9.37. The standard InChI is InChI=1S/C11H15N3O3/c12-11(14-15)8-3-4-13-10(6-8)17-7-9-2-1-5-16-9/h3-4,6,9,15H,1-2,5,7H2,(H2,12,14). The van der Waals surface area contributed by atoms with Crippen LogP contribution in [-0.4, -0.2) is 35.3 Å². The van der Waals surface area contributed by atoms with E-state index in [1.165, 1.54) is 0 Å². The molecule has 1 aromatic heterocycles. The van der Waals surface area contributed by atoms with E-state index in [-0.39, 0.29) is 11.9 Å². The Bertz CT molecular complexity index is 403. The van der Waals surface area contributed by atoms with Crippen LogP contribution >= 0.6 is 0 Å². The summed E-state index contributed by atoms with van der Waals surface area (Å²) >= 11 is 0. The number of hydrogen-bond donors (Lipinski definition) is 2. The second kappa shape index (κ2) is 5.49. The highest BCUT2D eigenvalue weighted by molar-refractivity contribution is 5.97. The third-order valence-corrected chi connectivity index (χ3v) is 2.58. The van der Waals surface area contributed by atoms with E-state index in [9.17, 15) is 0 Å². The zero-order chi connectivity index (χ0) is 12.1. The maximum Gasteiger partial charge on any atom is 0.213 e. The van der Waals surface area contributed by atoms with Crippen LogP contribution in [0.15, 0.2) is 23.5 Å². The molecule has 1 aromatic rings. The molecule has 0 spiro atoms. The van der Waals surface area contributed by atoms with Crippen LogP contribution in [0, 0.1) is 0 Å². The summed E-state index contributed by atoms with van der Waals surface area (Å²) in [5, 5.41) is 11.5. The van der Waals surface area contributed by atoms with E-state index in [4.69, 9.17) is 20.4 Å². The zero-order valence-corrected chi connectivity index (χ0v) is 9.37. The quantitative estimate of drug-likeness (QED) is 0.349. The number of ether oxygens (including phenoxy) is 2. The molecule has 6 heteroatoms. The van der Waals surface area contributed by atoms with E-state index in [2.05, 4.69) is 10.1 Å². The molecule has 1 atom stereocenters. The Hall–Kier alpha value is -1.82. The molecule has 1 unspecified atom stereocenters. The van der Waals surface area contributed by atoms with Gasteiger partial charge in [0.05, 0.1) is 6.10 Å². The molecule has 1 aliphatic rings. The van der Waals surface area contributed by atoms with Crippen LogP contribution in [0.3, 0.4) is 0 Å². The molecule has 3 N–H and O–H groups in total. The number of rotatable bonds is 4. The van der Waals surface area contributed by atoms with Gasteiger partial charge in [-0.2, -0.15) is 0 Å². The molecule has 1 fully saturated rings. The molecule has 1 aliphatic heterocycles. The maximum absolute atomic E-state index is 8.56. The van der Waals surface area contributed by atoms with Crippen molar-refractivity contribution in [3.63, 3.8) is 0 Å². The molecule has 0 radical (unpaired) electrons. The largest absolute Gasteiger partial charge is 0.475 e. The van der Waals surface area contributed by atoms with Crippen molar-refractivity contribution in [2.75, 3.05) is 13.2 Å². The number of nitrogens with two attached hydrogens (primary N) is 1. The number of pyridine rings is 1. The summed E-state index contributed by atoms with van der Waals surface area (Å²) in [5.41, 5.74) is 6.05. The van der Waals surface area contributed by atoms with Crippen molar-refractivity contribution in [3.05, 3.63) is 23.9 Å². The third-order valence-electron chi connectivity index (χ3n) is 2.58. The highest BCUT2D eigenvalue weighted by Gasteiger charge is 2.16. The maximum atomic E-state index is 8.56. The van der Waals surface area contributed by atoms with Crippen molar-refractivity contribution in [3.8, 4) is 5.88 Å². The first kappa shape index (κ1) is 11.7. The van der Waals surface area contributed by atoms with Crippen LogP contribution < -0.4 is 10.5 Å². The van der Waals surface area contributed by atoms with Crippen LogP contribution in [0.1, 0.15) is 18.4 Å². The van der Waals surface area contributed by atoms with Crippen molar-refractivity contribution in [1.82, 2.24) is 4.98 Å². The average molecular weight is 237 g/mol. The normalized spacial score (nSPS) is 20.5. The lowest BCUT2D eigenvalue weighted by Gasteiger charge is -2.10. The Kier molecular flexibility index (Phi) is 3.77. The Labute approximate surface area is 99.0 Å². The van der Waals surface area contributed by atoms with Gasteiger partial charge in [-0.05, 0) is 18.9 Å². The number of nitrogens with zero attached hydrogens (tertiary/aromatic N) is 2. The van der Waals surface area contributed by atoms with Crippen LogP contribution in [0.4, 0.5) is 0 Å². The van der Waals surface area contributed by atoms with Crippen molar-refractivity contribution < 1.29 is 14.7 Å². The van der Waals surface area contributed by atoms with E-state index < -0.39 is 0 Å². The molecule has 1 saturated heterocycles. The van der Waals surface area contributed by atoms with Crippen LogP contribution in [0.5, 0.6) is 5.88 Å². The predicted molar refractivity (Wildman–Crippen MR) is 61.2 cm³/mol. The molecule has 92 valence electrons. The number of amidine groups is 1. The number of aromatic nitrogens is 1. The van der Waals surface area contributed by atoms with Crippen molar-refractivity contribution in [2.24, 2.45) is 10.9 Å². The second-order valence-corrected chi connectivity index (χ2v) is 3.81. The smallest absolute Gasteiger partial charge is 0.213 e. The topological polar surface area (TPSA) is 90.0 Å². The molecular weight excluding hydrogens is 222 g/mol. The second-order valence-electron chi connectivity index (χ2n) is 3.81. The fourth-order valence-electron chi connectivity index (χ4n) is 1.66. The Morgan fingerprint density at radius 2 is 2.59 bits per heavy atom. The molecule has 6 nitrogen and oxygen atoms in total. The number of hydrogen-bond acceptors (Lipinski definition) is 5. The minimum absolute atomic E-state index is 0.0365. The van der Waals surface area contributed by atoms with Gasteiger partial charge in [-0.1, -0.05) is 5.16 Å². The van der Waals surface area contributed by atoms with Gasteiger partial charge < -0.3 is 20.4 Å². The lowest BCUT2D eigenvalue weighted by atomic mass is 10.2. The van der Waals surface area contributed by atoms with Gasteiger partial charge in [0.1, 0.15) is 6.61 Å². The van der Waals surface area contributed by atoms with Gasteiger partial charge >= 0.3 is 0 Å². The Morgan fingerprint density at radius 3 is 3.29 bits per heavy atom. The van der Waals surface area contributed by atoms with Gasteiger partial charge in [0.25, 0.3) is 0 Å². The van der Waals surface area contributed by atoms with E-state index in [0.717, 1.165) is 19.4 Å². The van der Waals surface area contributed by atoms with Gasteiger partial charge in [-0.25, -0.2) is 4.98 Å². The van der Waals surface area contributed by atoms with E-state index >= 15 is 0 Å². The van der Waals surface area contributed by atoms with Crippen molar-refractivity contribution in [2.45, 2.75) is 18.9 Å². The fourth-order valence-corrected chi connectivity index (χ4v) is 1.66. The van der Waals surface area contributed by atoms with Crippen LogP contribution in [0.25, 0.3) is 0 Å². The molecule has 2 rings (SSSR count). The summed E-state index contributed by atoms with van der Waals surface area (Å²) in [6, 6.07) is 3.28. The lowest BCUT2D eigenvalue weighted by molar-refractivity contribution is 0.0663. The molecule has 0 amide bonds. The molecule has 0 bridgehead atoms. The SMILES string of the molecule is N/C(=N\O)c1ccnc(OCC2CCCO2)c1. The predicted octanol–water partition coefficient (Wildman–Crippen LogP) is 0.734. The van der Waals surface area contributed by atoms with Gasteiger partial charge in [0.15, 0.2) is 5.84 Å². The Balaban J connectivity index is 1.96. The highest BCUT2D eigenvalue weighted by atomic mass is 16.5. The molecule has 0 aromatic carbocycles. The first-order chi connectivity index (χ1) is 8.29. The van der Waals surface area contributed by atoms with Crippen molar-refractivity contribution in [1.29, 1.82) is 0 Å². The molecule has 17 heavy (non-hydrogen) atoms. The minimum Gasteiger partial charge on any atom is -0.475 e. The van der Waals surface area contributed by atoms with E-state index in [1.54, 1.807) is 18.3 Å². The highest BCUT2D eigenvalue weighted by Crippen LogP contribution is 2.15. The monoisotopic (exact) mass is 237 g/mol. The van der Waals surface area contributed by atoms with Crippen LogP contribution in [-0.2, 0) is 4.74 Å². The van der Waals surface area contributed by atoms with Gasteiger partial charge in [0, 0.05) is 24.4 Å². The summed E-state index contributed by atoms with van der Waals surface area (Å²) < 4.78 is 10.9. The summed E-state index contributed by atoms with van der Waals surface area (Å²) in [6.07, 6.45) is 3.79. The first-order valence-corrected chi connectivity index (χ1v) is 5.48. The lowest BCUT2D eigenvalue weighted by Crippen LogP contribution is -2.17. The molecule has 0 aliphatic carbocycles. The summed E-state index contributed by atoms with van der Waals surface area (Å²) in [4.78, 5) is 4.05. The number of oxime groups is 1. The molecule has 2 heterocycles. The third kappa shape index (κ3) is 3.07. The van der Waals surface area contributed by atoms with Crippen molar-refractivity contribution >= 4 is 5.84 Å². The molecule has 0 saturated carbocycles. The summed E-state index contributed by atoms with van der Waals surface area (Å²) in [5.74, 6) is 0.485. The van der Waals surface area contributed by atoms with E-state index in [0.29, 0.717) is 18.1 Å².